The Bertz CT molecular complexity index is 890. The van der Waals surface area contributed by atoms with Crippen LogP contribution in [0.5, 0.6) is 23.0 Å². The van der Waals surface area contributed by atoms with Crippen molar-refractivity contribution in [2.45, 2.75) is 6.54 Å². The molecule has 1 heterocycles. The van der Waals surface area contributed by atoms with Gasteiger partial charge in [-0.1, -0.05) is 6.07 Å². The van der Waals surface area contributed by atoms with Gasteiger partial charge in [0, 0.05) is 24.2 Å². The minimum atomic E-state index is -0.469. The zero-order valence-corrected chi connectivity index (χ0v) is 14.6. The molecule has 0 aliphatic heterocycles. The van der Waals surface area contributed by atoms with Crippen molar-refractivity contribution in [1.29, 1.82) is 0 Å². The van der Waals surface area contributed by atoms with Crippen LogP contribution in [0, 0.1) is 5.82 Å². The lowest BCUT2D eigenvalue weighted by atomic mass is 10.1. The van der Waals surface area contributed by atoms with Crippen LogP contribution in [0.4, 0.5) is 4.39 Å². The Morgan fingerprint density at radius 1 is 0.960 bits per heavy atom. The van der Waals surface area contributed by atoms with E-state index in [-0.39, 0.29) is 24.7 Å². The molecule has 0 radical (unpaired) electrons. The molecule has 5 nitrogen and oxygen atoms in total. The normalized spacial score (nSPS) is 10.2. The maximum absolute atomic E-state index is 14.1. The number of ether oxygens (including phenoxy) is 3. The van der Waals surface area contributed by atoms with Gasteiger partial charge >= 0.3 is 0 Å². The summed E-state index contributed by atoms with van der Waals surface area (Å²) in [6.07, 6.45) is 1.59. The van der Waals surface area contributed by atoms with E-state index in [9.17, 15) is 4.39 Å². The Morgan fingerprint density at radius 2 is 1.68 bits per heavy atom. The Kier molecular flexibility index (Phi) is 6.01. The average molecular weight is 365 g/mol. The highest BCUT2D eigenvalue weighted by atomic mass is 35.5. The second-order valence-electron chi connectivity index (χ2n) is 5.10. The van der Waals surface area contributed by atoms with E-state index in [1.807, 2.05) is 0 Å². The molecule has 0 spiro atoms. The fourth-order valence-electron chi connectivity index (χ4n) is 2.41. The summed E-state index contributed by atoms with van der Waals surface area (Å²) in [6, 6.07) is 9.82. The van der Waals surface area contributed by atoms with E-state index >= 15 is 0 Å². The monoisotopic (exact) mass is 364 g/mol. The van der Waals surface area contributed by atoms with Crippen molar-refractivity contribution in [3.63, 3.8) is 0 Å². The van der Waals surface area contributed by atoms with Crippen LogP contribution in [0.1, 0.15) is 5.56 Å². The van der Waals surface area contributed by atoms with Gasteiger partial charge in [-0.05, 0) is 29.8 Å². The number of benzene rings is 2. The van der Waals surface area contributed by atoms with Crippen LogP contribution >= 0.6 is 12.4 Å². The first-order valence-electron chi connectivity index (χ1n) is 7.33. The number of halogens is 2. The predicted octanol–water partition coefficient (Wildman–Crippen LogP) is 4.06. The first-order chi connectivity index (χ1) is 11.7. The van der Waals surface area contributed by atoms with Crippen LogP contribution in [0.15, 0.2) is 42.6 Å². The third-order valence-electron chi connectivity index (χ3n) is 3.66. The van der Waals surface area contributed by atoms with Crippen molar-refractivity contribution in [3.05, 3.63) is 54.0 Å². The summed E-state index contributed by atoms with van der Waals surface area (Å²) in [4.78, 5) is 4.29. The quantitative estimate of drug-likeness (QED) is 0.739. The van der Waals surface area contributed by atoms with Gasteiger partial charge < -0.3 is 19.9 Å². The first kappa shape index (κ1) is 18.8. The molecule has 3 aromatic rings. The van der Waals surface area contributed by atoms with Crippen molar-refractivity contribution in [3.8, 4) is 23.0 Å². The number of rotatable bonds is 5. The van der Waals surface area contributed by atoms with Gasteiger partial charge in [-0.15, -0.1) is 12.4 Å². The molecule has 0 fully saturated rings. The predicted molar refractivity (Wildman–Crippen MR) is 96.5 cm³/mol. The van der Waals surface area contributed by atoms with Crippen molar-refractivity contribution >= 4 is 23.3 Å². The topological polar surface area (TPSA) is 66.6 Å². The summed E-state index contributed by atoms with van der Waals surface area (Å²) < 4.78 is 30.5. The number of pyridine rings is 1. The highest BCUT2D eigenvalue weighted by Gasteiger charge is 2.13. The van der Waals surface area contributed by atoms with E-state index in [4.69, 9.17) is 19.9 Å². The second-order valence-corrected chi connectivity index (χ2v) is 5.10. The Balaban J connectivity index is 0.00000225. The number of methoxy groups -OCH3 is 2. The van der Waals surface area contributed by atoms with Gasteiger partial charge in [-0.3, -0.25) is 4.98 Å². The van der Waals surface area contributed by atoms with E-state index < -0.39 is 5.82 Å². The number of aromatic nitrogens is 1. The molecule has 0 aliphatic rings. The van der Waals surface area contributed by atoms with E-state index in [0.29, 0.717) is 33.7 Å². The van der Waals surface area contributed by atoms with Crippen LogP contribution in [-0.2, 0) is 6.54 Å². The molecule has 0 saturated carbocycles. The second kappa shape index (κ2) is 8.00. The largest absolute Gasteiger partial charge is 0.493 e. The molecule has 1 aromatic heterocycles. The minimum absolute atomic E-state index is 0. The summed E-state index contributed by atoms with van der Waals surface area (Å²) in [6.45, 7) is 0.270. The molecule has 0 amide bonds. The highest BCUT2D eigenvalue weighted by Crippen LogP contribution is 2.37. The summed E-state index contributed by atoms with van der Waals surface area (Å²) in [7, 11) is 3.10. The molecular weight excluding hydrogens is 347 g/mol. The summed E-state index contributed by atoms with van der Waals surface area (Å²) in [5.74, 6) is 1.23. The van der Waals surface area contributed by atoms with Crippen LogP contribution in [0.3, 0.4) is 0 Å². The van der Waals surface area contributed by atoms with Crippen molar-refractivity contribution in [2.24, 2.45) is 5.73 Å². The molecule has 7 heteroatoms. The molecule has 0 saturated heterocycles. The summed E-state index contributed by atoms with van der Waals surface area (Å²) in [5.41, 5.74) is 6.87. The Labute approximate surface area is 150 Å². The summed E-state index contributed by atoms with van der Waals surface area (Å²) in [5, 5.41) is 0.692. The minimum Gasteiger partial charge on any atom is -0.493 e. The molecule has 25 heavy (non-hydrogen) atoms. The molecule has 0 bridgehead atoms. The molecule has 3 rings (SSSR count). The van der Waals surface area contributed by atoms with Crippen LogP contribution < -0.4 is 19.9 Å². The van der Waals surface area contributed by atoms with Crippen LogP contribution in [-0.4, -0.2) is 19.2 Å². The van der Waals surface area contributed by atoms with Crippen LogP contribution in [0.2, 0.25) is 0 Å². The fourth-order valence-corrected chi connectivity index (χ4v) is 2.41. The van der Waals surface area contributed by atoms with E-state index in [0.717, 1.165) is 0 Å². The fraction of sp³-hybridized carbons (Fsp3) is 0.167. The number of hydrogen-bond donors (Lipinski definition) is 1. The van der Waals surface area contributed by atoms with E-state index in [1.165, 1.54) is 6.07 Å². The van der Waals surface area contributed by atoms with Gasteiger partial charge in [0.2, 0.25) is 0 Å². The Hall–Kier alpha value is -2.57. The van der Waals surface area contributed by atoms with Gasteiger partial charge in [0.05, 0.1) is 19.7 Å². The molecule has 0 atom stereocenters. The third-order valence-corrected chi connectivity index (χ3v) is 3.66. The van der Waals surface area contributed by atoms with E-state index in [2.05, 4.69) is 4.98 Å². The van der Waals surface area contributed by atoms with Gasteiger partial charge in [-0.2, -0.15) is 0 Å². The molecule has 2 aromatic carbocycles. The highest BCUT2D eigenvalue weighted by molar-refractivity contribution is 5.88. The first-order valence-corrected chi connectivity index (χ1v) is 7.33. The lowest BCUT2D eigenvalue weighted by Gasteiger charge is -2.13. The zero-order chi connectivity index (χ0) is 17.1. The van der Waals surface area contributed by atoms with E-state index in [1.54, 1.807) is 50.7 Å². The standard InChI is InChI=1S/C18H17FN2O3.ClH/c1-22-17-8-12-14(9-18(17)23-2)21-6-5-15(12)24-16-4-3-11(10-20)7-13(16)19;/h3-9H,10,20H2,1-2H3;1H. The lowest BCUT2D eigenvalue weighted by molar-refractivity contribution is 0.355. The average Bonchev–Trinajstić information content (AvgIpc) is 2.62. The van der Waals surface area contributed by atoms with Gasteiger partial charge in [0.25, 0.3) is 0 Å². The lowest BCUT2D eigenvalue weighted by Crippen LogP contribution is -1.98. The number of nitrogens with zero attached hydrogens (tertiary/aromatic N) is 1. The zero-order valence-electron chi connectivity index (χ0n) is 13.8. The summed E-state index contributed by atoms with van der Waals surface area (Å²) >= 11 is 0. The van der Waals surface area contributed by atoms with Gasteiger partial charge in [0.15, 0.2) is 23.1 Å². The van der Waals surface area contributed by atoms with Crippen molar-refractivity contribution in [1.82, 2.24) is 4.98 Å². The smallest absolute Gasteiger partial charge is 0.166 e. The number of nitrogens with two attached hydrogens (primary N) is 1. The molecule has 0 aliphatic carbocycles. The SMILES string of the molecule is COc1cc2nccc(Oc3ccc(CN)cc3F)c2cc1OC.Cl. The van der Waals surface area contributed by atoms with Crippen molar-refractivity contribution < 1.29 is 18.6 Å². The molecule has 132 valence electrons. The van der Waals surface area contributed by atoms with Gasteiger partial charge in [0.1, 0.15) is 5.75 Å². The maximum atomic E-state index is 14.1. The molecule has 0 unspecified atom stereocenters. The molecular formula is C18H18ClFN2O3. The van der Waals surface area contributed by atoms with Gasteiger partial charge in [-0.25, -0.2) is 4.39 Å². The number of hydrogen-bond acceptors (Lipinski definition) is 5. The number of fused-ring (bicyclic) bond motifs is 1. The van der Waals surface area contributed by atoms with Crippen LogP contribution in [0.25, 0.3) is 10.9 Å². The molecule has 2 N–H and O–H groups in total. The maximum Gasteiger partial charge on any atom is 0.166 e. The Morgan fingerprint density at radius 3 is 2.32 bits per heavy atom. The van der Waals surface area contributed by atoms with Crippen molar-refractivity contribution in [2.75, 3.05) is 14.2 Å². The third kappa shape index (κ3) is 3.75.